The lowest BCUT2D eigenvalue weighted by molar-refractivity contribution is 0.427. The van der Waals surface area contributed by atoms with Gasteiger partial charge in [-0.05, 0) is 28.5 Å². The smallest absolute Gasteiger partial charge is 0.192 e. The largest absolute Gasteiger partial charge is 0.355 e. The van der Waals surface area contributed by atoms with Crippen molar-refractivity contribution in [1.82, 2.24) is 19.9 Å². The number of benzene rings is 1. The number of thiophene rings is 2. The molecule has 0 saturated heterocycles. The molecule has 0 bridgehead atoms. The predicted molar refractivity (Wildman–Crippen MR) is 118 cm³/mol. The molecule has 0 spiro atoms. The second kappa shape index (κ2) is 8.36. The van der Waals surface area contributed by atoms with Gasteiger partial charge >= 0.3 is 0 Å². The maximum atomic E-state index is 5.49. The van der Waals surface area contributed by atoms with Crippen molar-refractivity contribution in [3.63, 3.8) is 0 Å². The minimum absolute atomic E-state index is 0.673. The summed E-state index contributed by atoms with van der Waals surface area (Å²) in [6, 6.07) is 20.5. The van der Waals surface area contributed by atoms with Crippen LogP contribution in [0.3, 0.4) is 0 Å². The zero-order valence-corrected chi connectivity index (χ0v) is 17.7. The van der Waals surface area contributed by atoms with Gasteiger partial charge in [0.1, 0.15) is 0 Å². The molecule has 0 aliphatic rings. The summed E-state index contributed by atoms with van der Waals surface area (Å²) in [6.07, 6.45) is 0. The quantitative estimate of drug-likeness (QED) is 0.290. The molecule has 144 valence electrons. The summed E-state index contributed by atoms with van der Waals surface area (Å²) < 4.78 is 7.67. The van der Waals surface area contributed by atoms with Crippen molar-refractivity contribution >= 4 is 34.4 Å². The van der Waals surface area contributed by atoms with Crippen LogP contribution in [0.25, 0.3) is 21.3 Å². The van der Waals surface area contributed by atoms with Gasteiger partial charge < -0.3 is 4.52 Å². The number of thioether (sulfide) groups is 1. The minimum atomic E-state index is 0.673. The molecule has 0 aliphatic carbocycles. The fraction of sp³-hybridized carbons (Fsp3) is 0.0952. The lowest BCUT2D eigenvalue weighted by atomic mass is 10.2. The molecule has 0 unspecified atom stereocenters. The normalized spacial score (nSPS) is 11.2. The molecule has 0 aliphatic heterocycles. The van der Waals surface area contributed by atoms with E-state index in [4.69, 9.17) is 4.52 Å². The second-order valence-corrected chi connectivity index (χ2v) is 9.14. The van der Waals surface area contributed by atoms with Crippen molar-refractivity contribution in [3.05, 3.63) is 82.7 Å². The van der Waals surface area contributed by atoms with E-state index in [0.717, 1.165) is 38.7 Å². The highest BCUT2D eigenvalue weighted by Crippen LogP contribution is 2.31. The topological polar surface area (TPSA) is 56.7 Å². The highest BCUT2D eigenvalue weighted by molar-refractivity contribution is 7.98. The van der Waals surface area contributed by atoms with Crippen LogP contribution >= 0.6 is 34.4 Å². The van der Waals surface area contributed by atoms with Crippen LogP contribution in [0, 0.1) is 0 Å². The first-order valence-electron chi connectivity index (χ1n) is 9.00. The maximum Gasteiger partial charge on any atom is 0.192 e. The van der Waals surface area contributed by atoms with E-state index in [1.54, 1.807) is 34.4 Å². The number of hydrogen-bond acceptors (Lipinski definition) is 7. The number of nitrogens with zero attached hydrogens (tertiary/aromatic N) is 4. The fourth-order valence-corrected chi connectivity index (χ4v) is 5.15. The summed E-state index contributed by atoms with van der Waals surface area (Å²) in [4.78, 5) is 2.20. The molecule has 5 aromatic rings. The lowest BCUT2D eigenvalue weighted by Crippen LogP contribution is -2.03. The third kappa shape index (κ3) is 4.05. The Bertz CT molecular complexity index is 1180. The average molecular weight is 437 g/mol. The van der Waals surface area contributed by atoms with Crippen molar-refractivity contribution in [2.24, 2.45) is 0 Å². The molecular formula is C21H16N4OS3. The lowest BCUT2D eigenvalue weighted by Gasteiger charge is -2.09. The SMILES string of the molecule is c1ccc(Cn2c(SCc3cc(-c4cccs4)on3)nnc2-c2cccs2)cc1. The summed E-state index contributed by atoms with van der Waals surface area (Å²) in [5, 5.41) is 18.1. The van der Waals surface area contributed by atoms with E-state index in [2.05, 4.69) is 55.6 Å². The second-order valence-electron chi connectivity index (χ2n) is 6.30. The monoisotopic (exact) mass is 436 g/mol. The highest BCUT2D eigenvalue weighted by Gasteiger charge is 2.17. The first-order chi connectivity index (χ1) is 14.4. The van der Waals surface area contributed by atoms with Crippen LogP contribution in [-0.4, -0.2) is 19.9 Å². The van der Waals surface area contributed by atoms with Gasteiger partial charge in [-0.1, -0.05) is 59.4 Å². The molecule has 5 rings (SSSR count). The molecule has 0 amide bonds. The summed E-state index contributed by atoms with van der Waals surface area (Å²) in [7, 11) is 0. The third-order valence-electron chi connectivity index (χ3n) is 4.31. The Morgan fingerprint density at radius 1 is 0.897 bits per heavy atom. The number of aromatic nitrogens is 4. The van der Waals surface area contributed by atoms with Gasteiger partial charge in [-0.3, -0.25) is 4.57 Å². The molecule has 0 radical (unpaired) electrons. The van der Waals surface area contributed by atoms with E-state index in [1.807, 2.05) is 35.7 Å². The molecule has 0 atom stereocenters. The molecule has 1 aromatic carbocycles. The minimum Gasteiger partial charge on any atom is -0.355 e. The van der Waals surface area contributed by atoms with E-state index >= 15 is 0 Å². The van der Waals surface area contributed by atoms with Gasteiger partial charge in [-0.15, -0.1) is 32.9 Å². The van der Waals surface area contributed by atoms with Gasteiger partial charge in [-0.25, -0.2) is 0 Å². The Labute approximate surface area is 180 Å². The van der Waals surface area contributed by atoms with Crippen molar-refractivity contribution in [2.45, 2.75) is 17.5 Å². The number of hydrogen-bond donors (Lipinski definition) is 0. The van der Waals surface area contributed by atoms with Crippen LogP contribution in [0.15, 0.2) is 81.1 Å². The Balaban J connectivity index is 1.39. The van der Waals surface area contributed by atoms with Crippen LogP contribution in [0.5, 0.6) is 0 Å². The van der Waals surface area contributed by atoms with E-state index in [9.17, 15) is 0 Å². The molecule has 8 heteroatoms. The molecule has 29 heavy (non-hydrogen) atoms. The van der Waals surface area contributed by atoms with Crippen molar-refractivity contribution in [3.8, 4) is 21.3 Å². The van der Waals surface area contributed by atoms with Gasteiger partial charge in [0.15, 0.2) is 16.7 Å². The Morgan fingerprint density at radius 3 is 2.45 bits per heavy atom. The summed E-state index contributed by atoms with van der Waals surface area (Å²) in [6.45, 7) is 0.725. The molecule has 0 saturated carbocycles. The van der Waals surface area contributed by atoms with Crippen LogP contribution < -0.4 is 0 Å². The first kappa shape index (κ1) is 18.4. The zero-order valence-electron chi connectivity index (χ0n) is 15.3. The Hall–Kier alpha value is -2.68. The van der Waals surface area contributed by atoms with Crippen molar-refractivity contribution < 1.29 is 4.52 Å². The highest BCUT2D eigenvalue weighted by atomic mass is 32.2. The summed E-state index contributed by atoms with van der Waals surface area (Å²) >= 11 is 4.94. The van der Waals surface area contributed by atoms with Crippen LogP contribution in [-0.2, 0) is 12.3 Å². The van der Waals surface area contributed by atoms with Gasteiger partial charge in [0.2, 0.25) is 0 Å². The average Bonchev–Trinajstić information content (AvgIpc) is 3.54. The van der Waals surface area contributed by atoms with Crippen molar-refractivity contribution in [1.29, 1.82) is 0 Å². The van der Waals surface area contributed by atoms with Crippen LogP contribution in [0.1, 0.15) is 11.3 Å². The summed E-state index contributed by atoms with van der Waals surface area (Å²) in [5.41, 5.74) is 2.11. The third-order valence-corrected chi connectivity index (χ3v) is 7.06. The van der Waals surface area contributed by atoms with Gasteiger partial charge in [0, 0.05) is 11.8 Å². The summed E-state index contributed by atoms with van der Waals surface area (Å²) in [5.74, 6) is 2.37. The van der Waals surface area contributed by atoms with E-state index in [-0.39, 0.29) is 0 Å². The number of rotatable bonds is 7. The molecular weight excluding hydrogens is 420 g/mol. The van der Waals surface area contributed by atoms with Gasteiger partial charge in [0.25, 0.3) is 0 Å². The zero-order chi connectivity index (χ0) is 19.5. The fourth-order valence-electron chi connectivity index (χ4n) is 2.95. The van der Waals surface area contributed by atoms with E-state index in [0.29, 0.717) is 5.75 Å². The molecule has 4 aromatic heterocycles. The first-order valence-corrected chi connectivity index (χ1v) is 11.7. The Kier molecular flexibility index (Phi) is 5.29. The van der Waals surface area contributed by atoms with Gasteiger partial charge in [0.05, 0.1) is 22.0 Å². The Morgan fingerprint density at radius 2 is 1.69 bits per heavy atom. The maximum absolute atomic E-state index is 5.49. The van der Waals surface area contributed by atoms with Crippen LogP contribution in [0.4, 0.5) is 0 Å². The molecule has 5 nitrogen and oxygen atoms in total. The van der Waals surface area contributed by atoms with E-state index in [1.165, 1.54) is 5.56 Å². The van der Waals surface area contributed by atoms with Crippen molar-refractivity contribution in [2.75, 3.05) is 0 Å². The molecule has 0 N–H and O–H groups in total. The van der Waals surface area contributed by atoms with E-state index < -0.39 is 0 Å². The predicted octanol–water partition coefficient (Wildman–Crippen LogP) is 6.06. The van der Waals surface area contributed by atoms with Gasteiger partial charge in [-0.2, -0.15) is 0 Å². The standard InChI is InChI=1S/C21H16N4OS3/c1-2-6-15(7-3-1)13-25-20(19-9-5-11-28-19)22-23-21(25)29-14-16-12-17(26-24-16)18-8-4-10-27-18/h1-12H,13-14H2. The molecule has 4 heterocycles. The molecule has 0 fully saturated rings. The van der Waals surface area contributed by atoms with Crippen LogP contribution in [0.2, 0.25) is 0 Å².